The van der Waals surface area contributed by atoms with E-state index in [0.717, 1.165) is 6.42 Å². The highest BCUT2D eigenvalue weighted by molar-refractivity contribution is 4.99. The van der Waals surface area contributed by atoms with Crippen LogP contribution >= 0.6 is 0 Å². The highest BCUT2D eigenvalue weighted by Crippen LogP contribution is 2.51. The van der Waals surface area contributed by atoms with Gasteiger partial charge in [-0.25, -0.2) is 0 Å². The first-order valence-electron chi connectivity index (χ1n) is 18.2. The van der Waals surface area contributed by atoms with Crippen molar-refractivity contribution in [2.75, 3.05) is 26.4 Å². The average molecular weight is 677 g/mol. The van der Waals surface area contributed by atoms with Gasteiger partial charge in [0.15, 0.2) is 0 Å². The molecule has 0 aliphatic heterocycles. The van der Waals surface area contributed by atoms with Gasteiger partial charge >= 0.3 is 0 Å². The molecule has 0 aromatic carbocycles. The lowest BCUT2D eigenvalue weighted by molar-refractivity contribution is -0.155. The van der Waals surface area contributed by atoms with Crippen molar-refractivity contribution in [3.63, 3.8) is 0 Å². The monoisotopic (exact) mass is 677 g/mol. The Morgan fingerprint density at radius 3 is 0.936 bits per heavy atom. The minimum Gasteiger partial charge on any atom is -0.390 e. The Morgan fingerprint density at radius 2 is 0.681 bits per heavy atom. The molecule has 0 spiro atoms. The number of hydrogen-bond acceptors (Lipinski definition) is 8. The van der Waals surface area contributed by atoms with Gasteiger partial charge in [0, 0.05) is 0 Å². The van der Waals surface area contributed by atoms with Crippen LogP contribution < -0.4 is 0 Å². The maximum absolute atomic E-state index is 10.7. The second-order valence-corrected chi connectivity index (χ2v) is 19.0. The van der Waals surface area contributed by atoms with E-state index in [-0.39, 0.29) is 0 Å². The van der Waals surface area contributed by atoms with Gasteiger partial charge in [-0.15, -0.1) is 0 Å². The summed E-state index contributed by atoms with van der Waals surface area (Å²) >= 11 is 0. The molecule has 0 radical (unpaired) electrons. The molecule has 0 heterocycles. The Morgan fingerprint density at radius 1 is 0.383 bits per heavy atom. The lowest BCUT2D eigenvalue weighted by Gasteiger charge is -2.51. The van der Waals surface area contributed by atoms with Crippen molar-refractivity contribution in [1.29, 1.82) is 0 Å². The van der Waals surface area contributed by atoms with Crippen LogP contribution in [0.3, 0.4) is 0 Å². The van der Waals surface area contributed by atoms with Crippen molar-refractivity contribution < 1.29 is 39.4 Å². The lowest BCUT2D eigenvalue weighted by atomic mass is 9.61. The fraction of sp³-hybridized carbons (Fsp3) is 1.00. The largest absolute Gasteiger partial charge is 0.390 e. The van der Waals surface area contributed by atoms with E-state index in [1.807, 2.05) is 13.8 Å². The van der Waals surface area contributed by atoms with Crippen LogP contribution in [0.4, 0.5) is 0 Å². The quantitative estimate of drug-likeness (QED) is 0.0726. The number of aliphatic hydroxyl groups is 4. The molecule has 0 amide bonds. The number of hydrogen-bond donors (Lipinski definition) is 4. The molecule has 47 heavy (non-hydrogen) atoms. The SMILES string of the molecule is CCC(C)(O)CCOC(C)(CC)CC(CC(C)(C)OCCC(C)(C)O)(CC(C)(C)OCCC(C)(C)O)CC(C)(C)OCCC(C)(C)O. The zero-order valence-electron chi connectivity index (χ0n) is 33.8. The van der Waals surface area contributed by atoms with E-state index in [1.165, 1.54) is 0 Å². The first-order valence-corrected chi connectivity index (χ1v) is 18.2. The summed E-state index contributed by atoms with van der Waals surface area (Å²) in [6.45, 7) is 33.5. The molecule has 0 aliphatic rings. The smallest absolute Gasteiger partial charge is 0.0657 e. The second kappa shape index (κ2) is 17.7. The predicted octanol–water partition coefficient (Wildman–Crippen LogP) is 8.14. The van der Waals surface area contributed by atoms with Crippen LogP contribution in [0.15, 0.2) is 0 Å². The topological polar surface area (TPSA) is 118 Å². The van der Waals surface area contributed by atoms with Crippen molar-refractivity contribution in [3.8, 4) is 0 Å². The third kappa shape index (κ3) is 22.9. The van der Waals surface area contributed by atoms with Crippen LogP contribution in [-0.4, -0.2) is 91.7 Å². The zero-order chi connectivity index (χ0) is 37.2. The molecule has 8 nitrogen and oxygen atoms in total. The van der Waals surface area contributed by atoms with Gasteiger partial charge in [0.25, 0.3) is 0 Å². The number of rotatable bonds is 26. The van der Waals surface area contributed by atoms with Gasteiger partial charge < -0.3 is 39.4 Å². The maximum atomic E-state index is 10.7. The molecule has 0 saturated carbocycles. The molecule has 0 fully saturated rings. The highest BCUT2D eigenvalue weighted by Gasteiger charge is 2.49. The molecule has 2 atom stereocenters. The van der Waals surface area contributed by atoms with E-state index in [1.54, 1.807) is 41.5 Å². The highest BCUT2D eigenvalue weighted by atomic mass is 16.5. The maximum Gasteiger partial charge on any atom is 0.0657 e. The molecule has 0 rings (SSSR count). The Bertz CT molecular complexity index is 789. The van der Waals surface area contributed by atoms with Crippen LogP contribution in [-0.2, 0) is 18.9 Å². The molecule has 2 unspecified atom stereocenters. The first-order chi connectivity index (χ1) is 20.8. The summed E-state index contributed by atoms with van der Waals surface area (Å²) in [6.07, 6.45) is 6.33. The zero-order valence-corrected chi connectivity index (χ0v) is 33.8. The van der Waals surface area contributed by atoms with Crippen LogP contribution in [0.25, 0.3) is 0 Å². The Labute approximate surface area is 290 Å². The fourth-order valence-electron chi connectivity index (χ4n) is 6.73. The fourth-order valence-corrected chi connectivity index (χ4v) is 6.73. The second-order valence-electron chi connectivity index (χ2n) is 19.0. The summed E-state index contributed by atoms with van der Waals surface area (Å²) in [5.74, 6) is 0. The Balaban J connectivity index is 6.85. The van der Waals surface area contributed by atoms with Crippen LogP contribution in [0.1, 0.15) is 175 Å². The summed E-state index contributed by atoms with van der Waals surface area (Å²) in [6, 6.07) is 0. The van der Waals surface area contributed by atoms with Gasteiger partial charge in [0.1, 0.15) is 0 Å². The van der Waals surface area contributed by atoms with Crippen molar-refractivity contribution in [2.45, 2.75) is 220 Å². The van der Waals surface area contributed by atoms with Crippen LogP contribution in [0.5, 0.6) is 0 Å². The standard InChI is InChI=1S/C39H80O8/c1-17-37(15,43)22-26-47-38(16,18-2)30-39(27-34(9,10)44-23-19-31(3,4)40,28-35(11,12)45-24-20-32(5,6)41)29-36(13,14)46-25-21-33(7,8)42/h40-43H,17-30H2,1-16H3. The molecule has 8 heteroatoms. The minimum atomic E-state index is -0.825. The Hall–Kier alpha value is -0.320. The van der Waals surface area contributed by atoms with Gasteiger partial charge in [0.2, 0.25) is 0 Å². The number of ether oxygens (including phenoxy) is 4. The molecule has 284 valence electrons. The lowest BCUT2D eigenvalue weighted by Crippen LogP contribution is -2.49. The van der Waals surface area contributed by atoms with E-state index in [0.29, 0.717) is 84.2 Å². The van der Waals surface area contributed by atoms with Crippen molar-refractivity contribution >= 4 is 0 Å². The van der Waals surface area contributed by atoms with Gasteiger partial charge in [-0.3, -0.25) is 0 Å². The van der Waals surface area contributed by atoms with Gasteiger partial charge in [-0.2, -0.15) is 0 Å². The minimum absolute atomic E-state index is 0.396. The van der Waals surface area contributed by atoms with Crippen molar-refractivity contribution in [3.05, 3.63) is 0 Å². The summed E-state index contributed by atoms with van der Waals surface area (Å²) in [7, 11) is 0. The van der Waals surface area contributed by atoms with Crippen LogP contribution in [0.2, 0.25) is 0 Å². The van der Waals surface area contributed by atoms with E-state index in [9.17, 15) is 20.4 Å². The normalized spacial score (nSPS) is 17.1. The van der Waals surface area contributed by atoms with Crippen molar-refractivity contribution in [1.82, 2.24) is 0 Å². The molecule has 4 N–H and O–H groups in total. The molecule has 0 bridgehead atoms. The average Bonchev–Trinajstić information content (AvgIpc) is 2.79. The van der Waals surface area contributed by atoms with Gasteiger partial charge in [0.05, 0.1) is 71.2 Å². The molecule has 0 aromatic rings. The first kappa shape index (κ1) is 46.7. The van der Waals surface area contributed by atoms with E-state index in [4.69, 9.17) is 18.9 Å². The van der Waals surface area contributed by atoms with Gasteiger partial charge in [-0.1, -0.05) is 13.8 Å². The summed E-state index contributed by atoms with van der Waals surface area (Å²) in [5.41, 5.74) is -5.79. The summed E-state index contributed by atoms with van der Waals surface area (Å²) in [4.78, 5) is 0. The molecular formula is C39H80O8. The summed E-state index contributed by atoms with van der Waals surface area (Å²) in [5, 5.41) is 41.9. The van der Waals surface area contributed by atoms with E-state index < -0.39 is 50.2 Å². The third-order valence-electron chi connectivity index (χ3n) is 9.37. The predicted molar refractivity (Wildman–Crippen MR) is 194 cm³/mol. The third-order valence-corrected chi connectivity index (χ3v) is 9.37. The van der Waals surface area contributed by atoms with Crippen LogP contribution in [0, 0.1) is 5.41 Å². The van der Waals surface area contributed by atoms with E-state index in [2.05, 4.69) is 55.4 Å². The molecule has 0 aromatic heterocycles. The Kier molecular flexibility index (Phi) is 17.6. The molecule has 0 aliphatic carbocycles. The van der Waals surface area contributed by atoms with Gasteiger partial charge in [-0.05, 0) is 167 Å². The molecule has 0 saturated heterocycles. The van der Waals surface area contributed by atoms with E-state index >= 15 is 0 Å². The molecular weight excluding hydrogens is 596 g/mol. The summed E-state index contributed by atoms with van der Waals surface area (Å²) < 4.78 is 26.4. The van der Waals surface area contributed by atoms with Crippen molar-refractivity contribution in [2.24, 2.45) is 5.41 Å².